The van der Waals surface area contributed by atoms with E-state index in [4.69, 9.17) is 5.11 Å². The van der Waals surface area contributed by atoms with Crippen molar-refractivity contribution >= 4 is 17.4 Å². The number of Topliss-reactive ketones (excluding diaryl/α,β-unsaturated/α-hetero) is 1. The molecule has 0 radical (unpaired) electrons. The van der Waals surface area contributed by atoms with E-state index in [-0.39, 0.29) is 12.3 Å². The Bertz CT molecular complexity index is 357. The van der Waals surface area contributed by atoms with Crippen molar-refractivity contribution in [3.05, 3.63) is 29.8 Å². The van der Waals surface area contributed by atoms with Gasteiger partial charge in [-0.15, -0.1) is 0 Å². The highest BCUT2D eigenvalue weighted by Gasteiger charge is 2.02. The van der Waals surface area contributed by atoms with E-state index >= 15 is 0 Å². The van der Waals surface area contributed by atoms with Gasteiger partial charge in [-0.3, -0.25) is 9.59 Å². The third-order valence-electron chi connectivity index (χ3n) is 1.97. The molecule has 1 aromatic rings. The summed E-state index contributed by atoms with van der Waals surface area (Å²) < 4.78 is 0. The van der Waals surface area contributed by atoms with E-state index in [9.17, 15) is 9.59 Å². The average molecular weight is 207 g/mol. The topological polar surface area (TPSA) is 66.4 Å². The second-order valence-electron chi connectivity index (χ2n) is 3.10. The number of aliphatic carboxylic acids is 1. The molecule has 1 rings (SSSR count). The van der Waals surface area contributed by atoms with E-state index in [1.165, 1.54) is 0 Å². The molecule has 2 N–H and O–H groups in total. The Morgan fingerprint density at radius 3 is 2.33 bits per heavy atom. The van der Waals surface area contributed by atoms with Gasteiger partial charge in [0.15, 0.2) is 5.78 Å². The first-order chi connectivity index (χ1) is 7.13. The molecule has 0 unspecified atom stereocenters. The lowest BCUT2D eigenvalue weighted by atomic mass is 10.1. The van der Waals surface area contributed by atoms with Crippen LogP contribution in [-0.2, 0) is 4.79 Å². The number of hydrogen-bond donors (Lipinski definition) is 2. The zero-order valence-electron chi connectivity index (χ0n) is 8.49. The average Bonchev–Trinajstić information content (AvgIpc) is 2.26. The number of carbonyl (C=O) groups excluding carboxylic acids is 1. The number of carboxylic acid groups (broad SMARTS) is 1. The molecule has 4 nitrogen and oxygen atoms in total. The predicted molar refractivity (Wildman–Crippen MR) is 57.2 cm³/mol. The normalized spacial score (nSPS) is 9.67. The highest BCUT2D eigenvalue weighted by atomic mass is 16.4. The molecule has 0 amide bonds. The summed E-state index contributed by atoms with van der Waals surface area (Å²) >= 11 is 0. The molecule has 0 spiro atoms. The molecule has 0 fully saturated rings. The Kier molecular flexibility index (Phi) is 3.85. The van der Waals surface area contributed by atoms with Crippen LogP contribution in [0.5, 0.6) is 0 Å². The predicted octanol–water partition coefficient (Wildman–Crippen LogP) is 1.78. The summed E-state index contributed by atoms with van der Waals surface area (Å²) in [5.74, 6) is -0.830. The number of carboxylic acids is 1. The number of anilines is 1. The highest BCUT2D eigenvalue weighted by Crippen LogP contribution is 2.10. The van der Waals surface area contributed by atoms with Crippen LogP contribution in [0.15, 0.2) is 24.3 Å². The summed E-state index contributed by atoms with van der Waals surface area (Å²) in [6.45, 7) is 1.68. The lowest BCUT2D eigenvalue weighted by Crippen LogP contribution is -2.12. The monoisotopic (exact) mass is 207 g/mol. The fraction of sp³-hybridized carbons (Fsp3) is 0.273. The van der Waals surface area contributed by atoms with Crippen molar-refractivity contribution in [2.75, 3.05) is 11.9 Å². The first-order valence-corrected chi connectivity index (χ1v) is 4.72. The molecule has 0 aliphatic carbocycles. The van der Waals surface area contributed by atoms with Crippen molar-refractivity contribution in [2.45, 2.75) is 13.3 Å². The molecule has 0 bridgehead atoms. The van der Waals surface area contributed by atoms with Gasteiger partial charge in [0.1, 0.15) is 6.54 Å². The molecule has 0 aromatic heterocycles. The van der Waals surface area contributed by atoms with Crippen LogP contribution in [0.25, 0.3) is 0 Å². The minimum absolute atomic E-state index is 0.0831. The van der Waals surface area contributed by atoms with Crippen LogP contribution in [0.4, 0.5) is 5.69 Å². The van der Waals surface area contributed by atoms with Crippen LogP contribution in [0.2, 0.25) is 0 Å². The first-order valence-electron chi connectivity index (χ1n) is 4.72. The maximum Gasteiger partial charge on any atom is 0.322 e. The van der Waals surface area contributed by atoms with E-state index in [0.29, 0.717) is 17.7 Å². The minimum atomic E-state index is -0.913. The van der Waals surface area contributed by atoms with Crippen molar-refractivity contribution in [1.82, 2.24) is 0 Å². The SMILES string of the molecule is CCC(=O)c1ccc(NCC(=O)O)cc1. The third kappa shape index (κ3) is 3.42. The molecule has 0 aliphatic rings. The molecule has 0 aliphatic heterocycles. The van der Waals surface area contributed by atoms with Crippen molar-refractivity contribution in [1.29, 1.82) is 0 Å². The fourth-order valence-electron chi connectivity index (χ4n) is 1.16. The lowest BCUT2D eigenvalue weighted by molar-refractivity contribution is -0.134. The van der Waals surface area contributed by atoms with Gasteiger partial charge in [0, 0.05) is 17.7 Å². The van der Waals surface area contributed by atoms with Gasteiger partial charge in [-0.05, 0) is 24.3 Å². The van der Waals surface area contributed by atoms with Gasteiger partial charge in [-0.1, -0.05) is 6.92 Å². The Hall–Kier alpha value is -1.84. The molecule has 0 heterocycles. The number of benzene rings is 1. The van der Waals surface area contributed by atoms with Gasteiger partial charge in [-0.2, -0.15) is 0 Å². The van der Waals surface area contributed by atoms with Crippen molar-refractivity contribution in [2.24, 2.45) is 0 Å². The third-order valence-corrected chi connectivity index (χ3v) is 1.97. The standard InChI is InChI=1S/C11H13NO3/c1-2-10(13)8-3-5-9(6-4-8)12-7-11(14)15/h3-6,12H,2,7H2,1H3,(H,14,15). The summed E-state index contributed by atoms with van der Waals surface area (Å²) in [7, 11) is 0. The van der Waals surface area contributed by atoms with Crippen LogP contribution in [0.1, 0.15) is 23.7 Å². The summed E-state index contributed by atoms with van der Waals surface area (Å²) in [4.78, 5) is 21.6. The smallest absolute Gasteiger partial charge is 0.322 e. The maximum atomic E-state index is 11.3. The minimum Gasteiger partial charge on any atom is -0.480 e. The molecule has 15 heavy (non-hydrogen) atoms. The fourth-order valence-corrected chi connectivity index (χ4v) is 1.16. The Morgan fingerprint density at radius 2 is 1.87 bits per heavy atom. The van der Waals surface area contributed by atoms with Gasteiger partial charge in [0.25, 0.3) is 0 Å². The molecule has 0 saturated carbocycles. The molecule has 1 aromatic carbocycles. The number of nitrogens with one attached hydrogen (secondary N) is 1. The van der Waals surface area contributed by atoms with E-state index in [0.717, 1.165) is 0 Å². The van der Waals surface area contributed by atoms with Crippen molar-refractivity contribution in [3.63, 3.8) is 0 Å². The molecular formula is C11H13NO3. The first kappa shape index (κ1) is 11.2. The van der Waals surface area contributed by atoms with E-state index in [2.05, 4.69) is 5.32 Å². The highest BCUT2D eigenvalue weighted by molar-refractivity contribution is 5.96. The quantitative estimate of drug-likeness (QED) is 0.722. The molecule has 0 atom stereocenters. The number of carbonyl (C=O) groups is 2. The van der Waals surface area contributed by atoms with Crippen LogP contribution < -0.4 is 5.32 Å². The van der Waals surface area contributed by atoms with E-state index < -0.39 is 5.97 Å². The largest absolute Gasteiger partial charge is 0.480 e. The summed E-state index contributed by atoms with van der Waals surface area (Å²) in [6, 6.07) is 6.78. The van der Waals surface area contributed by atoms with Gasteiger partial charge >= 0.3 is 5.97 Å². The van der Waals surface area contributed by atoms with Gasteiger partial charge in [0.2, 0.25) is 0 Å². The van der Waals surface area contributed by atoms with E-state index in [1.54, 1.807) is 31.2 Å². The number of ketones is 1. The summed E-state index contributed by atoms with van der Waals surface area (Å²) in [6.07, 6.45) is 0.474. The maximum absolute atomic E-state index is 11.3. The van der Waals surface area contributed by atoms with Crippen LogP contribution in [0.3, 0.4) is 0 Å². The number of hydrogen-bond acceptors (Lipinski definition) is 3. The van der Waals surface area contributed by atoms with Crippen LogP contribution in [0, 0.1) is 0 Å². The van der Waals surface area contributed by atoms with Gasteiger partial charge in [-0.25, -0.2) is 0 Å². The Labute approximate surface area is 87.9 Å². The second-order valence-corrected chi connectivity index (χ2v) is 3.10. The molecule has 80 valence electrons. The van der Waals surface area contributed by atoms with Crippen molar-refractivity contribution in [3.8, 4) is 0 Å². The van der Waals surface area contributed by atoms with Gasteiger partial charge in [0.05, 0.1) is 0 Å². The molecule has 4 heteroatoms. The second kappa shape index (κ2) is 5.14. The lowest BCUT2D eigenvalue weighted by Gasteiger charge is -2.03. The Morgan fingerprint density at radius 1 is 1.27 bits per heavy atom. The Balaban J connectivity index is 2.64. The molecule has 0 saturated heterocycles. The summed E-state index contributed by atoms with van der Waals surface area (Å²) in [5.41, 5.74) is 1.35. The zero-order valence-corrected chi connectivity index (χ0v) is 8.49. The number of rotatable bonds is 5. The van der Waals surface area contributed by atoms with Crippen molar-refractivity contribution < 1.29 is 14.7 Å². The van der Waals surface area contributed by atoms with E-state index in [1.807, 2.05) is 0 Å². The molecular weight excluding hydrogens is 194 g/mol. The summed E-state index contributed by atoms with van der Waals surface area (Å²) in [5, 5.41) is 11.2. The van der Waals surface area contributed by atoms with Crippen LogP contribution in [-0.4, -0.2) is 23.4 Å². The van der Waals surface area contributed by atoms with Crippen LogP contribution >= 0.6 is 0 Å². The van der Waals surface area contributed by atoms with Gasteiger partial charge < -0.3 is 10.4 Å². The zero-order chi connectivity index (χ0) is 11.3.